The van der Waals surface area contributed by atoms with Gasteiger partial charge in [0.15, 0.2) is 11.5 Å². The molecule has 4 rings (SSSR count). The molecule has 168 valence electrons. The van der Waals surface area contributed by atoms with Gasteiger partial charge < -0.3 is 9.47 Å². The van der Waals surface area contributed by atoms with E-state index in [2.05, 4.69) is 0 Å². The molecule has 2 amide bonds. The van der Waals surface area contributed by atoms with Gasteiger partial charge in [-0.2, -0.15) is 0 Å². The van der Waals surface area contributed by atoms with Crippen molar-refractivity contribution in [3.63, 3.8) is 0 Å². The monoisotopic (exact) mass is 519 g/mol. The Labute approximate surface area is 209 Å². The van der Waals surface area contributed by atoms with Crippen LogP contribution in [0, 0.1) is 0 Å². The van der Waals surface area contributed by atoms with E-state index in [1.54, 1.807) is 66.7 Å². The number of ether oxygens (including phenoxy) is 2. The number of hydrogen-bond donors (Lipinski definition) is 0. The van der Waals surface area contributed by atoms with Crippen LogP contribution in [0.15, 0.2) is 65.6 Å². The number of carbonyl (C=O) groups excluding carboxylic acids is 2. The van der Waals surface area contributed by atoms with E-state index in [0.717, 1.165) is 22.2 Å². The van der Waals surface area contributed by atoms with Crippen LogP contribution in [-0.2, 0) is 11.4 Å². The molecule has 1 heterocycles. The lowest BCUT2D eigenvalue weighted by Crippen LogP contribution is -2.27. The Bertz CT molecular complexity index is 1260. The van der Waals surface area contributed by atoms with Gasteiger partial charge in [-0.1, -0.05) is 46.9 Å². The average molecular weight is 521 g/mol. The average Bonchev–Trinajstić information content (AvgIpc) is 3.07. The van der Waals surface area contributed by atoms with Crippen molar-refractivity contribution < 1.29 is 19.1 Å². The predicted molar refractivity (Wildman–Crippen MR) is 134 cm³/mol. The third-order valence-electron chi connectivity index (χ3n) is 4.76. The van der Waals surface area contributed by atoms with Gasteiger partial charge in [-0.25, -0.2) is 4.90 Å². The number of nitrogens with zero attached hydrogens (tertiary/aromatic N) is 1. The van der Waals surface area contributed by atoms with Crippen LogP contribution in [0.3, 0.4) is 0 Å². The van der Waals surface area contributed by atoms with Crippen LogP contribution in [0.5, 0.6) is 11.5 Å². The molecular formula is C24H16Cl3NO4S. The molecule has 33 heavy (non-hydrogen) atoms. The lowest BCUT2D eigenvalue weighted by Gasteiger charge is -2.13. The largest absolute Gasteiger partial charge is 0.493 e. The first kappa shape index (κ1) is 23.5. The number of halogens is 3. The van der Waals surface area contributed by atoms with E-state index in [-0.39, 0.29) is 11.8 Å². The van der Waals surface area contributed by atoms with Crippen LogP contribution in [0.25, 0.3) is 6.08 Å². The highest BCUT2D eigenvalue weighted by atomic mass is 35.5. The van der Waals surface area contributed by atoms with Crippen LogP contribution in [0.2, 0.25) is 15.1 Å². The fourth-order valence-corrected chi connectivity index (χ4v) is 4.55. The Morgan fingerprint density at radius 2 is 1.64 bits per heavy atom. The van der Waals surface area contributed by atoms with Gasteiger partial charge in [0.25, 0.3) is 11.1 Å². The molecule has 0 bridgehead atoms. The van der Waals surface area contributed by atoms with Gasteiger partial charge >= 0.3 is 0 Å². The molecule has 9 heteroatoms. The minimum Gasteiger partial charge on any atom is -0.493 e. The van der Waals surface area contributed by atoms with Gasteiger partial charge in [0.05, 0.1) is 17.7 Å². The number of hydrogen-bond acceptors (Lipinski definition) is 5. The molecule has 5 nitrogen and oxygen atoms in total. The number of rotatable bonds is 6. The topological polar surface area (TPSA) is 55.8 Å². The molecule has 1 saturated heterocycles. The van der Waals surface area contributed by atoms with Gasteiger partial charge in [-0.15, -0.1) is 0 Å². The molecule has 1 aliphatic rings. The van der Waals surface area contributed by atoms with Gasteiger partial charge in [0, 0.05) is 20.6 Å². The highest BCUT2D eigenvalue weighted by molar-refractivity contribution is 8.19. The van der Waals surface area contributed by atoms with Crippen molar-refractivity contribution >= 4 is 69.5 Å². The standard InChI is InChI=1S/C24H16Cl3NO4S/c1-31-21-10-14(2-9-20(21)32-13-15-3-4-17(26)12-19(15)27)11-22-23(29)28(24(30)33-22)18-7-5-16(25)6-8-18/h2-12H,13H2,1H3/b22-11+. The van der Waals surface area contributed by atoms with Gasteiger partial charge in [-0.3, -0.25) is 9.59 Å². The maximum atomic E-state index is 12.8. The van der Waals surface area contributed by atoms with E-state index >= 15 is 0 Å². The second-order valence-corrected chi connectivity index (χ2v) is 9.20. The Morgan fingerprint density at radius 3 is 2.33 bits per heavy atom. The number of imide groups is 1. The molecule has 0 aliphatic carbocycles. The maximum absolute atomic E-state index is 12.8. The lowest BCUT2D eigenvalue weighted by atomic mass is 10.1. The second kappa shape index (κ2) is 10.1. The van der Waals surface area contributed by atoms with Crippen molar-refractivity contribution in [3.8, 4) is 11.5 Å². The number of benzene rings is 3. The zero-order valence-corrected chi connectivity index (χ0v) is 20.3. The summed E-state index contributed by atoms with van der Waals surface area (Å²) < 4.78 is 11.3. The summed E-state index contributed by atoms with van der Waals surface area (Å²) in [5.41, 5.74) is 1.93. The first-order chi connectivity index (χ1) is 15.9. The Morgan fingerprint density at radius 1 is 0.909 bits per heavy atom. The Hall–Kier alpha value is -2.64. The summed E-state index contributed by atoms with van der Waals surface area (Å²) in [5.74, 6) is 0.588. The van der Waals surface area contributed by atoms with Gasteiger partial charge in [-0.05, 0) is 71.9 Å². The van der Waals surface area contributed by atoms with E-state index in [1.807, 2.05) is 0 Å². The summed E-state index contributed by atoms with van der Waals surface area (Å²) in [6.45, 7) is 0.228. The highest BCUT2D eigenvalue weighted by Gasteiger charge is 2.36. The van der Waals surface area contributed by atoms with Crippen LogP contribution < -0.4 is 14.4 Å². The van der Waals surface area contributed by atoms with E-state index in [0.29, 0.717) is 42.7 Å². The Balaban J connectivity index is 1.53. The molecule has 0 N–H and O–H groups in total. The first-order valence-corrected chi connectivity index (χ1v) is 11.6. The fraction of sp³-hybridized carbons (Fsp3) is 0.0833. The van der Waals surface area contributed by atoms with Crippen LogP contribution in [-0.4, -0.2) is 18.3 Å². The summed E-state index contributed by atoms with van der Waals surface area (Å²) in [5, 5.41) is 1.20. The highest BCUT2D eigenvalue weighted by Crippen LogP contribution is 2.37. The number of amides is 2. The molecule has 0 atom stereocenters. The molecule has 0 aromatic heterocycles. The number of methoxy groups -OCH3 is 1. The second-order valence-electron chi connectivity index (χ2n) is 6.93. The molecule has 0 spiro atoms. The SMILES string of the molecule is COc1cc(/C=C2/SC(=O)N(c3ccc(Cl)cc3)C2=O)ccc1OCc1ccc(Cl)cc1Cl. The summed E-state index contributed by atoms with van der Waals surface area (Å²) in [4.78, 5) is 26.7. The van der Waals surface area contributed by atoms with E-state index in [9.17, 15) is 9.59 Å². The molecule has 1 aliphatic heterocycles. The molecular weight excluding hydrogens is 505 g/mol. The predicted octanol–water partition coefficient (Wildman–Crippen LogP) is 7.48. The van der Waals surface area contributed by atoms with E-state index < -0.39 is 5.91 Å². The van der Waals surface area contributed by atoms with Crippen molar-refractivity contribution in [3.05, 3.63) is 91.8 Å². The Kier molecular flexibility index (Phi) is 7.20. The minimum absolute atomic E-state index is 0.228. The zero-order valence-electron chi connectivity index (χ0n) is 17.2. The minimum atomic E-state index is -0.399. The van der Waals surface area contributed by atoms with Crippen LogP contribution >= 0.6 is 46.6 Å². The summed E-state index contributed by atoms with van der Waals surface area (Å²) >= 11 is 18.9. The third-order valence-corrected chi connectivity index (χ3v) is 6.47. The van der Waals surface area contributed by atoms with E-state index in [1.165, 1.54) is 7.11 Å². The summed E-state index contributed by atoms with van der Waals surface area (Å²) in [6.07, 6.45) is 1.64. The molecule has 0 radical (unpaired) electrons. The maximum Gasteiger partial charge on any atom is 0.298 e. The molecule has 0 unspecified atom stereocenters. The normalized spacial score (nSPS) is 14.8. The molecule has 1 fully saturated rings. The van der Waals surface area contributed by atoms with Crippen LogP contribution in [0.4, 0.5) is 10.5 Å². The third kappa shape index (κ3) is 5.31. The smallest absolute Gasteiger partial charge is 0.298 e. The number of anilines is 1. The zero-order chi connectivity index (χ0) is 23.5. The van der Waals surface area contributed by atoms with Crippen molar-refractivity contribution in [2.75, 3.05) is 12.0 Å². The fourth-order valence-electron chi connectivity index (χ4n) is 3.12. The van der Waals surface area contributed by atoms with Crippen molar-refractivity contribution in [2.45, 2.75) is 6.61 Å². The van der Waals surface area contributed by atoms with E-state index in [4.69, 9.17) is 44.3 Å². The molecule has 0 saturated carbocycles. The lowest BCUT2D eigenvalue weighted by molar-refractivity contribution is -0.113. The van der Waals surface area contributed by atoms with Crippen molar-refractivity contribution in [1.82, 2.24) is 0 Å². The number of thioether (sulfide) groups is 1. The quantitative estimate of drug-likeness (QED) is 0.315. The molecule has 3 aromatic carbocycles. The van der Waals surface area contributed by atoms with Crippen molar-refractivity contribution in [2.24, 2.45) is 0 Å². The summed E-state index contributed by atoms with van der Waals surface area (Å²) in [7, 11) is 1.52. The first-order valence-electron chi connectivity index (χ1n) is 9.64. The van der Waals surface area contributed by atoms with Gasteiger partial charge in [0.1, 0.15) is 6.61 Å². The van der Waals surface area contributed by atoms with Gasteiger partial charge in [0.2, 0.25) is 0 Å². The van der Waals surface area contributed by atoms with Crippen molar-refractivity contribution in [1.29, 1.82) is 0 Å². The van der Waals surface area contributed by atoms with Crippen LogP contribution in [0.1, 0.15) is 11.1 Å². The summed E-state index contributed by atoms with van der Waals surface area (Å²) in [6, 6.07) is 16.9. The molecule has 3 aromatic rings. The number of carbonyl (C=O) groups is 2.